The van der Waals surface area contributed by atoms with Gasteiger partial charge in [0.25, 0.3) is 5.56 Å². The number of hydrogen-bond donors (Lipinski definition) is 1. The Balaban J connectivity index is 1.28. The molecule has 4 aromatic rings. The smallest absolute Gasteiger partial charge is 0.260 e. The van der Waals surface area contributed by atoms with Crippen molar-refractivity contribution >= 4 is 21.6 Å². The lowest BCUT2D eigenvalue weighted by Gasteiger charge is -2.12. The van der Waals surface area contributed by atoms with Crippen molar-refractivity contribution in [2.24, 2.45) is 0 Å². The summed E-state index contributed by atoms with van der Waals surface area (Å²) in [6.07, 6.45) is 4.30. The summed E-state index contributed by atoms with van der Waals surface area (Å²) in [4.78, 5) is 22.8. The van der Waals surface area contributed by atoms with Crippen molar-refractivity contribution in [3.8, 4) is 34.4 Å². The number of rotatable bonds is 5. The maximum absolute atomic E-state index is 12.9. The van der Waals surface area contributed by atoms with Gasteiger partial charge in [0.1, 0.15) is 17.3 Å². The van der Waals surface area contributed by atoms with Crippen molar-refractivity contribution in [1.82, 2.24) is 9.97 Å². The first kappa shape index (κ1) is 20.1. The maximum Gasteiger partial charge on any atom is 0.260 e. The van der Waals surface area contributed by atoms with E-state index in [4.69, 9.17) is 23.9 Å². The van der Waals surface area contributed by atoms with E-state index in [1.54, 1.807) is 18.4 Å². The number of thiophene rings is 1. The van der Waals surface area contributed by atoms with E-state index in [1.807, 2.05) is 36.4 Å². The highest BCUT2D eigenvalue weighted by Crippen LogP contribution is 2.37. The molecule has 2 aromatic carbocycles. The van der Waals surface area contributed by atoms with Gasteiger partial charge >= 0.3 is 0 Å². The predicted octanol–water partition coefficient (Wildman–Crippen LogP) is 4.85. The molecule has 0 atom stereocenters. The highest BCUT2D eigenvalue weighted by atomic mass is 32.1. The van der Waals surface area contributed by atoms with Crippen LogP contribution in [0.5, 0.6) is 23.0 Å². The molecule has 0 fully saturated rings. The molecule has 0 amide bonds. The van der Waals surface area contributed by atoms with Crippen LogP contribution in [0.4, 0.5) is 0 Å². The monoisotopic (exact) mass is 462 g/mol. The number of nitrogens with one attached hydrogen (secondary N) is 1. The number of methoxy groups -OCH3 is 1. The van der Waals surface area contributed by atoms with Crippen LogP contribution in [-0.2, 0) is 19.4 Å². The van der Waals surface area contributed by atoms with Crippen molar-refractivity contribution in [2.75, 3.05) is 13.9 Å². The van der Waals surface area contributed by atoms with E-state index in [9.17, 15) is 4.79 Å². The second-order valence-corrected chi connectivity index (χ2v) is 9.23. The fourth-order valence-corrected chi connectivity index (χ4v) is 5.69. The Morgan fingerprint density at radius 2 is 1.94 bits per heavy atom. The van der Waals surface area contributed by atoms with Crippen molar-refractivity contribution < 1.29 is 18.9 Å². The SMILES string of the molecule is COc1cc(-c2nc3sc4c(c3c(=O)[nH]2)CCCC4)ccc1OCc1ccc2c(c1)OCO2. The minimum Gasteiger partial charge on any atom is -0.493 e. The Morgan fingerprint density at radius 1 is 1.06 bits per heavy atom. The van der Waals surface area contributed by atoms with Crippen LogP contribution in [0.1, 0.15) is 28.8 Å². The average Bonchev–Trinajstić information content (AvgIpc) is 3.46. The molecule has 0 saturated heterocycles. The van der Waals surface area contributed by atoms with Gasteiger partial charge in [0.05, 0.1) is 12.5 Å². The zero-order chi connectivity index (χ0) is 22.4. The highest BCUT2D eigenvalue weighted by Gasteiger charge is 2.20. The van der Waals surface area contributed by atoms with Crippen LogP contribution in [0.2, 0.25) is 0 Å². The zero-order valence-corrected chi connectivity index (χ0v) is 18.9. The first-order chi connectivity index (χ1) is 16.2. The van der Waals surface area contributed by atoms with Crippen LogP contribution in [0.3, 0.4) is 0 Å². The second-order valence-electron chi connectivity index (χ2n) is 8.15. The van der Waals surface area contributed by atoms with E-state index in [0.29, 0.717) is 23.9 Å². The third-order valence-electron chi connectivity index (χ3n) is 6.09. The molecule has 1 aliphatic heterocycles. The minimum absolute atomic E-state index is 0.0727. The van der Waals surface area contributed by atoms with Gasteiger partial charge < -0.3 is 23.9 Å². The number of hydrogen-bond acceptors (Lipinski definition) is 7. The lowest BCUT2D eigenvalue weighted by molar-refractivity contribution is 0.174. The van der Waals surface area contributed by atoms with Crippen molar-refractivity contribution in [3.63, 3.8) is 0 Å². The number of H-pyrrole nitrogens is 1. The minimum atomic E-state index is -0.0727. The van der Waals surface area contributed by atoms with Crippen LogP contribution in [0.25, 0.3) is 21.6 Å². The topological polar surface area (TPSA) is 82.7 Å². The molecule has 0 radical (unpaired) electrons. The molecular formula is C25H22N2O5S. The summed E-state index contributed by atoms with van der Waals surface area (Å²) >= 11 is 1.64. The zero-order valence-electron chi connectivity index (χ0n) is 18.1. The maximum atomic E-state index is 12.9. The number of nitrogens with zero attached hydrogens (tertiary/aromatic N) is 1. The predicted molar refractivity (Wildman–Crippen MR) is 126 cm³/mol. The number of aromatic nitrogens is 2. The van der Waals surface area contributed by atoms with Gasteiger partial charge in [-0.15, -0.1) is 11.3 Å². The van der Waals surface area contributed by atoms with Gasteiger partial charge in [-0.25, -0.2) is 4.98 Å². The van der Waals surface area contributed by atoms with Gasteiger partial charge in [0, 0.05) is 10.4 Å². The normalized spacial score (nSPS) is 14.3. The summed E-state index contributed by atoms with van der Waals surface area (Å²) in [6.45, 7) is 0.596. The fourth-order valence-electron chi connectivity index (χ4n) is 4.43. The Hall–Kier alpha value is -3.52. The third-order valence-corrected chi connectivity index (χ3v) is 7.28. The van der Waals surface area contributed by atoms with Crippen LogP contribution >= 0.6 is 11.3 Å². The van der Waals surface area contributed by atoms with E-state index in [2.05, 4.69) is 4.98 Å². The summed E-state index contributed by atoms with van der Waals surface area (Å²) in [5.41, 5.74) is 2.85. The van der Waals surface area contributed by atoms with Gasteiger partial charge in [-0.05, 0) is 67.1 Å². The highest BCUT2D eigenvalue weighted by molar-refractivity contribution is 7.18. The van der Waals surface area contributed by atoms with Crippen molar-refractivity contribution in [3.05, 3.63) is 62.8 Å². The molecule has 3 heterocycles. The number of ether oxygens (including phenoxy) is 4. The van der Waals surface area contributed by atoms with Crippen molar-refractivity contribution in [2.45, 2.75) is 32.3 Å². The summed E-state index contributed by atoms with van der Waals surface area (Å²) in [5.74, 6) is 3.17. The number of aryl methyl sites for hydroxylation is 2. The molecule has 33 heavy (non-hydrogen) atoms. The molecule has 6 rings (SSSR count). The first-order valence-corrected chi connectivity index (χ1v) is 11.8. The Morgan fingerprint density at radius 3 is 2.85 bits per heavy atom. The molecule has 8 heteroatoms. The van der Waals surface area contributed by atoms with Gasteiger partial charge in [0.2, 0.25) is 6.79 Å². The van der Waals surface area contributed by atoms with E-state index in [-0.39, 0.29) is 12.4 Å². The van der Waals surface area contributed by atoms with E-state index in [1.165, 1.54) is 16.9 Å². The summed E-state index contributed by atoms with van der Waals surface area (Å²) < 4.78 is 22.4. The standard InChI is InChI=1S/C25H22N2O5S/c1-29-19-11-15(7-9-17(19)30-12-14-6-8-18-20(10-14)32-13-31-18)23-26-24(28)22-16-4-2-3-5-21(16)33-25(22)27-23/h6-11H,2-5,12-13H2,1H3,(H,26,27,28). The molecule has 0 unspecified atom stereocenters. The van der Waals surface area contributed by atoms with Crippen LogP contribution in [0, 0.1) is 0 Å². The average molecular weight is 463 g/mol. The Bertz CT molecular complexity index is 1420. The molecular weight excluding hydrogens is 440 g/mol. The molecule has 0 spiro atoms. The summed E-state index contributed by atoms with van der Waals surface area (Å²) in [5, 5.41) is 0.758. The molecule has 2 aromatic heterocycles. The molecule has 7 nitrogen and oxygen atoms in total. The first-order valence-electron chi connectivity index (χ1n) is 10.9. The Kier molecular flexibility index (Phi) is 4.95. The molecule has 1 N–H and O–H groups in total. The van der Waals surface area contributed by atoms with E-state index in [0.717, 1.165) is 52.1 Å². The molecule has 1 aliphatic carbocycles. The third kappa shape index (κ3) is 3.60. The van der Waals surface area contributed by atoms with Crippen LogP contribution < -0.4 is 24.5 Å². The number of benzene rings is 2. The van der Waals surface area contributed by atoms with Gasteiger partial charge in [0.15, 0.2) is 23.0 Å². The quantitative estimate of drug-likeness (QED) is 0.457. The lowest BCUT2D eigenvalue weighted by Crippen LogP contribution is -2.11. The van der Waals surface area contributed by atoms with Gasteiger partial charge in [-0.2, -0.15) is 0 Å². The Labute approximate surface area is 193 Å². The number of aromatic amines is 1. The number of fused-ring (bicyclic) bond motifs is 4. The molecule has 168 valence electrons. The largest absolute Gasteiger partial charge is 0.493 e. The second kappa shape index (κ2) is 8.12. The summed E-state index contributed by atoms with van der Waals surface area (Å²) in [6, 6.07) is 11.3. The van der Waals surface area contributed by atoms with Gasteiger partial charge in [-0.3, -0.25) is 4.79 Å². The lowest BCUT2D eigenvalue weighted by atomic mass is 9.97. The van der Waals surface area contributed by atoms with Crippen molar-refractivity contribution in [1.29, 1.82) is 0 Å². The fraction of sp³-hybridized carbons (Fsp3) is 0.280. The molecule has 2 aliphatic rings. The van der Waals surface area contributed by atoms with E-state index >= 15 is 0 Å². The van der Waals surface area contributed by atoms with Crippen LogP contribution in [0.15, 0.2) is 41.2 Å². The molecule has 0 bridgehead atoms. The molecule has 0 saturated carbocycles. The van der Waals surface area contributed by atoms with Gasteiger partial charge in [-0.1, -0.05) is 6.07 Å². The summed E-state index contributed by atoms with van der Waals surface area (Å²) in [7, 11) is 1.60. The van der Waals surface area contributed by atoms with Crippen LogP contribution in [-0.4, -0.2) is 23.9 Å². The van der Waals surface area contributed by atoms with E-state index < -0.39 is 0 Å².